The maximum atomic E-state index is 12.9. The molecule has 3 aromatic carbocycles. The number of carbonyl (C=O) groups excluding carboxylic acids is 2. The number of nitrogens with one attached hydrogen (secondary N) is 2. The van der Waals surface area contributed by atoms with Crippen LogP contribution in [-0.2, 0) is 16.0 Å². The molecule has 8 heteroatoms. The number of aryl methyl sites for hydroxylation is 1. The summed E-state index contributed by atoms with van der Waals surface area (Å²) in [4.78, 5) is 25.7. The molecule has 0 fully saturated rings. The Morgan fingerprint density at radius 3 is 2.38 bits per heavy atom. The number of halogens is 2. The van der Waals surface area contributed by atoms with Crippen molar-refractivity contribution in [3.05, 3.63) is 99.5 Å². The number of nitrogens with zero attached hydrogens (tertiary/aromatic N) is 1. The van der Waals surface area contributed by atoms with Crippen molar-refractivity contribution in [2.24, 2.45) is 5.10 Å². The molecule has 0 saturated carbocycles. The van der Waals surface area contributed by atoms with Gasteiger partial charge in [-0.05, 0) is 43.2 Å². The summed E-state index contributed by atoms with van der Waals surface area (Å²) in [5.74, 6) is -0.595. The Bertz CT molecular complexity index is 1150. The van der Waals surface area contributed by atoms with Gasteiger partial charge in [-0.3, -0.25) is 9.59 Å². The fourth-order valence-electron chi connectivity index (χ4n) is 3.06. The summed E-state index contributed by atoms with van der Waals surface area (Å²) < 4.78 is 5.68. The minimum atomic E-state index is -0.902. The van der Waals surface area contributed by atoms with E-state index in [1.807, 2.05) is 61.5 Å². The second-order valence-corrected chi connectivity index (χ2v) is 8.57. The van der Waals surface area contributed by atoms with E-state index in [1.54, 1.807) is 25.3 Å². The molecule has 2 atom stereocenters. The van der Waals surface area contributed by atoms with Gasteiger partial charge in [0.2, 0.25) is 0 Å². The van der Waals surface area contributed by atoms with Gasteiger partial charge in [0.05, 0.1) is 11.2 Å². The largest absolute Gasteiger partial charge is 0.479 e. The average Bonchev–Trinajstić information content (AvgIpc) is 2.82. The van der Waals surface area contributed by atoms with Crippen LogP contribution in [0.2, 0.25) is 10.0 Å². The molecule has 0 spiro atoms. The molecule has 0 aromatic heterocycles. The molecule has 0 heterocycles. The molecule has 176 valence electrons. The predicted octanol–water partition coefficient (Wildman–Crippen LogP) is 4.95. The predicted molar refractivity (Wildman–Crippen MR) is 136 cm³/mol. The summed E-state index contributed by atoms with van der Waals surface area (Å²) in [6.45, 7) is 3.57. The third kappa shape index (κ3) is 7.61. The van der Waals surface area contributed by atoms with Crippen LogP contribution in [0.5, 0.6) is 5.75 Å². The zero-order chi connectivity index (χ0) is 24.5. The molecule has 34 heavy (non-hydrogen) atoms. The van der Waals surface area contributed by atoms with E-state index in [0.717, 1.165) is 16.7 Å². The Morgan fingerprint density at radius 1 is 1.00 bits per heavy atom. The fraction of sp³-hybridized carbons (Fsp3) is 0.192. The van der Waals surface area contributed by atoms with Gasteiger partial charge in [-0.25, -0.2) is 5.43 Å². The van der Waals surface area contributed by atoms with E-state index >= 15 is 0 Å². The van der Waals surface area contributed by atoms with Crippen LogP contribution < -0.4 is 15.5 Å². The van der Waals surface area contributed by atoms with Crippen molar-refractivity contribution in [2.45, 2.75) is 32.4 Å². The normalized spacial score (nSPS) is 12.7. The molecule has 2 N–H and O–H groups in total. The molecule has 0 saturated heterocycles. The summed E-state index contributed by atoms with van der Waals surface area (Å²) >= 11 is 12.0. The van der Waals surface area contributed by atoms with Gasteiger partial charge in [0.1, 0.15) is 11.8 Å². The zero-order valence-corrected chi connectivity index (χ0v) is 20.3. The maximum Gasteiger partial charge on any atom is 0.262 e. The number of ether oxygens (including phenoxy) is 1. The number of benzene rings is 3. The van der Waals surface area contributed by atoms with Crippen LogP contribution >= 0.6 is 23.2 Å². The summed E-state index contributed by atoms with van der Waals surface area (Å²) in [7, 11) is 0. The average molecular weight is 498 g/mol. The molecular formula is C26H25Cl2N3O3. The van der Waals surface area contributed by atoms with E-state index in [1.165, 1.54) is 6.07 Å². The highest BCUT2D eigenvalue weighted by Crippen LogP contribution is 2.28. The van der Waals surface area contributed by atoms with Crippen LogP contribution in [0.3, 0.4) is 0 Å². The van der Waals surface area contributed by atoms with Gasteiger partial charge in [0.25, 0.3) is 11.8 Å². The SMILES string of the molecule is Cc1ccc(/C=N\NC(=O)[C@@H](Cc2ccccc2)NC(=O)[C@@H](C)Oc2ccc(Cl)cc2Cl)cc1. The van der Waals surface area contributed by atoms with Gasteiger partial charge in [-0.2, -0.15) is 5.10 Å². The second-order valence-electron chi connectivity index (χ2n) is 7.73. The first kappa shape index (κ1) is 25.3. The Morgan fingerprint density at radius 2 is 1.71 bits per heavy atom. The van der Waals surface area contributed by atoms with Gasteiger partial charge in [0, 0.05) is 11.4 Å². The van der Waals surface area contributed by atoms with Gasteiger partial charge in [-0.15, -0.1) is 0 Å². The first-order chi connectivity index (χ1) is 16.3. The van der Waals surface area contributed by atoms with Crippen LogP contribution in [0.25, 0.3) is 0 Å². The van der Waals surface area contributed by atoms with E-state index in [2.05, 4.69) is 15.8 Å². The Labute approximate surface area is 208 Å². The first-order valence-electron chi connectivity index (χ1n) is 10.7. The molecule has 6 nitrogen and oxygen atoms in total. The third-order valence-electron chi connectivity index (χ3n) is 4.95. The van der Waals surface area contributed by atoms with E-state index in [-0.39, 0.29) is 11.4 Å². The van der Waals surface area contributed by atoms with E-state index in [0.29, 0.717) is 10.8 Å². The number of amides is 2. The summed E-state index contributed by atoms with van der Waals surface area (Å²) in [6, 6.07) is 21.0. The van der Waals surface area contributed by atoms with E-state index in [4.69, 9.17) is 27.9 Å². The monoisotopic (exact) mass is 497 g/mol. The maximum absolute atomic E-state index is 12.9. The number of hydrogen-bond donors (Lipinski definition) is 2. The van der Waals surface area contributed by atoms with Crippen LogP contribution in [-0.4, -0.2) is 30.2 Å². The van der Waals surface area contributed by atoms with Crippen LogP contribution in [0.4, 0.5) is 0 Å². The summed E-state index contributed by atoms with van der Waals surface area (Å²) in [5.41, 5.74) is 5.38. The minimum absolute atomic E-state index is 0.285. The number of carbonyl (C=O) groups is 2. The van der Waals surface area contributed by atoms with Gasteiger partial charge in [-0.1, -0.05) is 83.4 Å². The van der Waals surface area contributed by atoms with Crippen LogP contribution in [0.1, 0.15) is 23.6 Å². The Balaban J connectivity index is 1.68. The Kier molecular flexibility index (Phi) is 9.08. The van der Waals surface area contributed by atoms with Gasteiger partial charge < -0.3 is 10.1 Å². The van der Waals surface area contributed by atoms with Crippen molar-refractivity contribution in [2.75, 3.05) is 0 Å². The molecule has 0 aliphatic rings. The lowest BCUT2D eigenvalue weighted by Gasteiger charge is -2.21. The highest BCUT2D eigenvalue weighted by molar-refractivity contribution is 6.35. The molecule has 3 rings (SSSR count). The van der Waals surface area contributed by atoms with E-state index in [9.17, 15) is 9.59 Å². The second kappa shape index (κ2) is 12.2. The van der Waals surface area contributed by atoms with Crippen molar-refractivity contribution in [1.29, 1.82) is 0 Å². The lowest BCUT2D eigenvalue weighted by Crippen LogP contribution is -2.50. The topological polar surface area (TPSA) is 79.8 Å². The molecule has 0 aliphatic carbocycles. The molecule has 0 bridgehead atoms. The minimum Gasteiger partial charge on any atom is -0.479 e. The van der Waals surface area contributed by atoms with Crippen molar-refractivity contribution in [3.63, 3.8) is 0 Å². The standard InChI is InChI=1S/C26H25Cl2N3O3/c1-17-8-10-20(11-9-17)16-29-31-26(33)23(14-19-6-4-3-5-7-19)30-25(32)18(2)34-24-13-12-21(27)15-22(24)28/h3-13,15-16,18,23H,14H2,1-2H3,(H,30,32)(H,31,33)/b29-16-/t18-,23-/m1/s1. The van der Waals surface area contributed by atoms with Crippen molar-refractivity contribution < 1.29 is 14.3 Å². The quantitative estimate of drug-likeness (QED) is 0.324. The number of hydrazone groups is 1. The first-order valence-corrected chi connectivity index (χ1v) is 11.4. The fourth-order valence-corrected chi connectivity index (χ4v) is 3.52. The molecule has 2 amide bonds. The molecule has 0 aliphatic heterocycles. The molecule has 3 aromatic rings. The van der Waals surface area contributed by atoms with Crippen molar-refractivity contribution in [1.82, 2.24) is 10.7 Å². The highest BCUT2D eigenvalue weighted by atomic mass is 35.5. The molecule has 0 radical (unpaired) electrons. The number of rotatable bonds is 9. The van der Waals surface area contributed by atoms with E-state index < -0.39 is 24.0 Å². The summed E-state index contributed by atoms with van der Waals surface area (Å²) in [5, 5.41) is 7.54. The van der Waals surface area contributed by atoms with Gasteiger partial charge >= 0.3 is 0 Å². The van der Waals surface area contributed by atoms with Crippen LogP contribution in [0.15, 0.2) is 77.9 Å². The third-order valence-corrected chi connectivity index (χ3v) is 5.48. The Hall–Kier alpha value is -3.35. The smallest absolute Gasteiger partial charge is 0.262 e. The zero-order valence-electron chi connectivity index (χ0n) is 18.8. The molecule has 0 unspecified atom stereocenters. The van der Waals surface area contributed by atoms with Crippen molar-refractivity contribution >= 4 is 41.2 Å². The summed E-state index contributed by atoms with van der Waals surface area (Å²) in [6.07, 6.45) is 0.931. The highest BCUT2D eigenvalue weighted by Gasteiger charge is 2.25. The lowest BCUT2D eigenvalue weighted by molar-refractivity contribution is -0.132. The molecular weight excluding hydrogens is 473 g/mol. The van der Waals surface area contributed by atoms with Crippen LogP contribution in [0, 0.1) is 6.92 Å². The van der Waals surface area contributed by atoms with Gasteiger partial charge in [0.15, 0.2) is 6.10 Å². The number of hydrogen-bond acceptors (Lipinski definition) is 4. The lowest BCUT2D eigenvalue weighted by atomic mass is 10.1. The van der Waals surface area contributed by atoms with Crippen molar-refractivity contribution in [3.8, 4) is 5.75 Å².